The number of unbranched alkanes of at least 4 members (excludes halogenated alkanes) is 2. The Morgan fingerprint density at radius 2 is 2.00 bits per heavy atom. The van der Waals surface area contributed by atoms with Crippen molar-refractivity contribution >= 4 is 17.7 Å². The first-order chi connectivity index (χ1) is 13.1. The summed E-state index contributed by atoms with van der Waals surface area (Å²) in [7, 11) is 0. The molecule has 1 heterocycles. The molecule has 2 aliphatic rings. The maximum absolute atomic E-state index is 12.3. The van der Waals surface area contributed by atoms with Crippen LogP contribution in [0.4, 0.5) is 0 Å². The van der Waals surface area contributed by atoms with Crippen LogP contribution in [0, 0.1) is 5.92 Å². The van der Waals surface area contributed by atoms with Gasteiger partial charge in [0.2, 0.25) is 0 Å². The smallest absolute Gasteiger partial charge is 0.338 e. The van der Waals surface area contributed by atoms with Gasteiger partial charge in [-0.25, -0.2) is 4.79 Å². The van der Waals surface area contributed by atoms with Crippen molar-refractivity contribution < 1.29 is 23.9 Å². The lowest BCUT2D eigenvalue weighted by atomic mass is 9.97. The third kappa shape index (κ3) is 4.73. The Labute approximate surface area is 159 Å². The first-order valence-corrected chi connectivity index (χ1v) is 9.46. The number of carbonyl (C=O) groups excluding carboxylic acids is 3. The number of ketones is 1. The second kappa shape index (κ2) is 8.80. The van der Waals surface area contributed by atoms with Gasteiger partial charge in [-0.3, -0.25) is 9.59 Å². The second-order valence-electron chi connectivity index (χ2n) is 6.92. The van der Waals surface area contributed by atoms with Crippen LogP contribution in [0.2, 0.25) is 0 Å². The van der Waals surface area contributed by atoms with Gasteiger partial charge < -0.3 is 9.47 Å². The summed E-state index contributed by atoms with van der Waals surface area (Å²) < 4.78 is 10.9. The predicted molar refractivity (Wildman–Crippen MR) is 100 cm³/mol. The molecular formula is C22H24O5. The van der Waals surface area contributed by atoms with Crippen molar-refractivity contribution in [2.75, 3.05) is 0 Å². The monoisotopic (exact) mass is 368 g/mol. The molecular weight excluding hydrogens is 344 g/mol. The van der Waals surface area contributed by atoms with Crippen molar-refractivity contribution in [3.8, 4) is 0 Å². The standard InChI is InChI=1S/C22H24O5/c1-2-3-5-10-17(23)12-11-16-13-19(21-18(16)14-20(24)27-21)26-22(25)15-8-6-4-7-9-15/h4,6-9,11-13,18-19,21H,2-3,5,10,14H2,1H3/t18-,19-,21-/m1/s1. The molecule has 0 aromatic heterocycles. The van der Waals surface area contributed by atoms with E-state index in [9.17, 15) is 14.4 Å². The van der Waals surface area contributed by atoms with E-state index in [1.807, 2.05) is 6.07 Å². The lowest BCUT2D eigenvalue weighted by Crippen LogP contribution is -2.29. The largest absolute Gasteiger partial charge is 0.457 e. The fourth-order valence-corrected chi connectivity index (χ4v) is 3.46. The van der Waals surface area contributed by atoms with Crippen LogP contribution in [0.15, 0.2) is 54.1 Å². The van der Waals surface area contributed by atoms with Gasteiger partial charge in [0, 0.05) is 12.3 Å². The normalized spacial score (nSPS) is 23.8. The summed E-state index contributed by atoms with van der Waals surface area (Å²) in [4.78, 5) is 36.0. The molecule has 0 amide bonds. The Balaban J connectivity index is 1.68. The Kier molecular flexibility index (Phi) is 6.22. The molecule has 3 atom stereocenters. The number of benzene rings is 1. The summed E-state index contributed by atoms with van der Waals surface area (Å²) in [6, 6.07) is 8.70. The van der Waals surface area contributed by atoms with Gasteiger partial charge in [0.25, 0.3) is 0 Å². The number of allylic oxidation sites excluding steroid dienone is 2. The molecule has 0 N–H and O–H groups in total. The molecule has 1 aliphatic carbocycles. The van der Waals surface area contributed by atoms with Gasteiger partial charge in [-0.15, -0.1) is 0 Å². The van der Waals surface area contributed by atoms with Gasteiger partial charge in [0.15, 0.2) is 11.9 Å². The first kappa shape index (κ1) is 19.1. The number of carbonyl (C=O) groups is 3. The highest BCUT2D eigenvalue weighted by atomic mass is 16.6. The van der Waals surface area contributed by atoms with E-state index in [4.69, 9.17) is 9.47 Å². The average Bonchev–Trinajstić information content (AvgIpc) is 3.19. The lowest BCUT2D eigenvalue weighted by molar-refractivity contribution is -0.144. The molecule has 1 aromatic rings. The van der Waals surface area contributed by atoms with Crippen LogP contribution in [0.3, 0.4) is 0 Å². The van der Waals surface area contributed by atoms with Crippen LogP contribution < -0.4 is 0 Å². The van der Waals surface area contributed by atoms with Gasteiger partial charge >= 0.3 is 11.9 Å². The van der Waals surface area contributed by atoms with E-state index in [1.54, 1.807) is 42.5 Å². The first-order valence-electron chi connectivity index (χ1n) is 9.46. The summed E-state index contributed by atoms with van der Waals surface area (Å²) in [5, 5.41) is 0. The molecule has 1 saturated heterocycles. The Morgan fingerprint density at radius 3 is 2.74 bits per heavy atom. The predicted octanol–water partition coefficient (Wildman–Crippen LogP) is 3.79. The number of hydrogen-bond acceptors (Lipinski definition) is 5. The molecule has 0 unspecified atom stereocenters. The Hall–Kier alpha value is -2.69. The van der Waals surface area contributed by atoms with Gasteiger partial charge in [0.1, 0.15) is 6.10 Å². The third-order valence-corrected chi connectivity index (χ3v) is 4.90. The van der Waals surface area contributed by atoms with Crippen LogP contribution in [0.5, 0.6) is 0 Å². The molecule has 1 fully saturated rings. The Bertz CT molecular complexity index is 762. The minimum Gasteiger partial charge on any atom is -0.457 e. The van der Waals surface area contributed by atoms with Crippen molar-refractivity contribution in [2.24, 2.45) is 5.92 Å². The zero-order valence-corrected chi connectivity index (χ0v) is 15.4. The quantitative estimate of drug-likeness (QED) is 0.397. The van der Waals surface area contributed by atoms with Crippen LogP contribution in [0.25, 0.3) is 0 Å². The molecule has 0 saturated carbocycles. The topological polar surface area (TPSA) is 69.7 Å². The summed E-state index contributed by atoms with van der Waals surface area (Å²) in [5.41, 5.74) is 1.27. The number of ether oxygens (including phenoxy) is 2. The Morgan fingerprint density at radius 1 is 1.22 bits per heavy atom. The van der Waals surface area contributed by atoms with Crippen molar-refractivity contribution in [1.29, 1.82) is 0 Å². The maximum atomic E-state index is 12.3. The fourth-order valence-electron chi connectivity index (χ4n) is 3.46. The van der Waals surface area contributed by atoms with E-state index in [2.05, 4.69) is 6.92 Å². The molecule has 0 radical (unpaired) electrons. The zero-order chi connectivity index (χ0) is 19.2. The molecule has 0 spiro atoms. The van der Waals surface area contributed by atoms with Crippen molar-refractivity contribution in [2.45, 2.75) is 51.2 Å². The van der Waals surface area contributed by atoms with Crippen molar-refractivity contribution in [3.05, 3.63) is 59.7 Å². The second-order valence-corrected chi connectivity index (χ2v) is 6.92. The van der Waals surface area contributed by atoms with E-state index in [-0.39, 0.29) is 24.1 Å². The maximum Gasteiger partial charge on any atom is 0.338 e. The number of rotatable bonds is 8. The summed E-state index contributed by atoms with van der Waals surface area (Å²) >= 11 is 0. The highest BCUT2D eigenvalue weighted by molar-refractivity contribution is 5.90. The lowest BCUT2D eigenvalue weighted by Gasteiger charge is -2.18. The molecule has 3 rings (SSSR count). The molecule has 1 aromatic carbocycles. The van der Waals surface area contributed by atoms with Crippen LogP contribution >= 0.6 is 0 Å². The van der Waals surface area contributed by atoms with Crippen LogP contribution in [-0.2, 0) is 19.1 Å². The van der Waals surface area contributed by atoms with E-state index < -0.39 is 18.2 Å². The zero-order valence-electron chi connectivity index (χ0n) is 15.4. The van der Waals surface area contributed by atoms with E-state index >= 15 is 0 Å². The minimum atomic E-state index is -0.635. The van der Waals surface area contributed by atoms with Gasteiger partial charge in [-0.05, 0) is 36.3 Å². The minimum absolute atomic E-state index is 0.0656. The highest BCUT2D eigenvalue weighted by Crippen LogP contribution is 2.39. The average molecular weight is 368 g/mol. The highest BCUT2D eigenvalue weighted by Gasteiger charge is 2.47. The molecule has 0 bridgehead atoms. The summed E-state index contributed by atoms with van der Waals surface area (Å²) in [6.45, 7) is 2.10. The van der Waals surface area contributed by atoms with Crippen LogP contribution in [-0.4, -0.2) is 29.9 Å². The molecule has 27 heavy (non-hydrogen) atoms. The molecule has 5 nitrogen and oxygen atoms in total. The van der Waals surface area contributed by atoms with Gasteiger partial charge in [-0.2, -0.15) is 0 Å². The number of fused-ring (bicyclic) bond motifs is 1. The summed E-state index contributed by atoms with van der Waals surface area (Å²) in [6.07, 6.45) is 7.68. The molecule has 5 heteroatoms. The van der Waals surface area contributed by atoms with Crippen molar-refractivity contribution in [1.82, 2.24) is 0 Å². The van der Waals surface area contributed by atoms with Gasteiger partial charge in [0.05, 0.1) is 12.0 Å². The molecule has 142 valence electrons. The fraction of sp³-hybridized carbons (Fsp3) is 0.409. The number of hydrogen-bond donors (Lipinski definition) is 0. The van der Waals surface area contributed by atoms with E-state index in [0.717, 1.165) is 24.8 Å². The van der Waals surface area contributed by atoms with E-state index in [1.165, 1.54) is 0 Å². The summed E-state index contributed by atoms with van der Waals surface area (Å²) in [5.74, 6) is -0.875. The van der Waals surface area contributed by atoms with Gasteiger partial charge in [-0.1, -0.05) is 44.0 Å². The number of esters is 2. The van der Waals surface area contributed by atoms with Crippen LogP contribution in [0.1, 0.15) is 49.4 Å². The van der Waals surface area contributed by atoms with Crippen molar-refractivity contribution in [3.63, 3.8) is 0 Å². The van der Waals surface area contributed by atoms with E-state index in [0.29, 0.717) is 12.0 Å². The third-order valence-electron chi connectivity index (χ3n) is 4.90. The molecule has 1 aliphatic heterocycles. The SMILES string of the molecule is CCCCCC(=O)C=CC1=C[C@@H](OC(=O)c2ccccc2)[C@@H]2OC(=O)C[C@H]12.